The zero-order valence-corrected chi connectivity index (χ0v) is 5.34. The first kappa shape index (κ1) is 5.83. The second-order valence-electron chi connectivity index (χ2n) is 1.83. The van der Waals surface area contributed by atoms with E-state index in [9.17, 15) is 0 Å². The van der Waals surface area contributed by atoms with Gasteiger partial charge in [0.2, 0.25) is 5.82 Å². The van der Waals surface area contributed by atoms with E-state index in [-0.39, 0.29) is 5.88 Å². The first-order chi connectivity index (χ1) is 5.38. The molecule has 0 atom stereocenters. The second kappa shape index (κ2) is 2.04. The fourth-order valence-corrected chi connectivity index (χ4v) is 0.698. The molecule has 0 aliphatic rings. The van der Waals surface area contributed by atoms with Crippen molar-refractivity contribution in [2.75, 3.05) is 0 Å². The van der Waals surface area contributed by atoms with Crippen molar-refractivity contribution in [2.24, 2.45) is 0 Å². The summed E-state index contributed by atoms with van der Waals surface area (Å²) in [5, 5.41) is 25.3. The van der Waals surface area contributed by atoms with E-state index in [2.05, 4.69) is 25.7 Å². The zero-order chi connectivity index (χ0) is 7.68. The smallest absolute Gasteiger partial charge is 0.277 e. The highest BCUT2D eigenvalue weighted by molar-refractivity contribution is 5.28. The molecular weight excluding hydrogens is 148 g/mol. The average molecular weight is 152 g/mol. The minimum Gasteiger partial charge on any atom is -0.490 e. The first-order valence-electron chi connectivity index (χ1n) is 2.84. The van der Waals surface area contributed by atoms with Crippen LogP contribution in [-0.2, 0) is 0 Å². The molecule has 0 amide bonds. The SMILES string of the molecule is Oc1nn[nH]c1-n1ccnn1. The van der Waals surface area contributed by atoms with Gasteiger partial charge in [-0.25, -0.2) is 5.10 Å². The highest BCUT2D eigenvalue weighted by Crippen LogP contribution is 2.10. The van der Waals surface area contributed by atoms with Crippen molar-refractivity contribution in [1.29, 1.82) is 0 Å². The molecule has 0 radical (unpaired) electrons. The maximum absolute atomic E-state index is 9.03. The lowest BCUT2D eigenvalue weighted by atomic mass is 10.7. The molecule has 56 valence electrons. The molecule has 0 saturated heterocycles. The summed E-state index contributed by atoms with van der Waals surface area (Å²) in [7, 11) is 0. The molecular formula is C4H4N6O. The number of nitrogens with zero attached hydrogens (tertiary/aromatic N) is 5. The fraction of sp³-hybridized carbons (Fsp3) is 0. The van der Waals surface area contributed by atoms with Crippen LogP contribution in [0.15, 0.2) is 12.4 Å². The van der Waals surface area contributed by atoms with Crippen LogP contribution < -0.4 is 0 Å². The monoisotopic (exact) mass is 152 g/mol. The van der Waals surface area contributed by atoms with Gasteiger partial charge in [-0.2, -0.15) is 4.68 Å². The van der Waals surface area contributed by atoms with Crippen molar-refractivity contribution in [3.63, 3.8) is 0 Å². The highest BCUT2D eigenvalue weighted by atomic mass is 16.3. The number of hydrogen-bond acceptors (Lipinski definition) is 5. The Morgan fingerprint density at radius 2 is 2.45 bits per heavy atom. The molecule has 0 spiro atoms. The summed E-state index contributed by atoms with van der Waals surface area (Å²) in [5.41, 5.74) is 0. The van der Waals surface area contributed by atoms with Gasteiger partial charge in [0.05, 0.1) is 12.4 Å². The Bertz CT molecular complexity index is 337. The molecule has 2 heterocycles. The van der Waals surface area contributed by atoms with Crippen molar-refractivity contribution < 1.29 is 5.11 Å². The molecule has 11 heavy (non-hydrogen) atoms. The third-order valence-electron chi connectivity index (χ3n) is 1.16. The molecule has 2 rings (SSSR count). The van der Waals surface area contributed by atoms with Gasteiger partial charge >= 0.3 is 0 Å². The number of aromatic nitrogens is 6. The van der Waals surface area contributed by atoms with Crippen molar-refractivity contribution in [3.8, 4) is 11.7 Å². The topological polar surface area (TPSA) is 92.5 Å². The molecule has 0 saturated carbocycles. The lowest BCUT2D eigenvalue weighted by molar-refractivity contribution is 0.447. The number of H-pyrrole nitrogens is 1. The molecule has 0 aromatic carbocycles. The quantitative estimate of drug-likeness (QED) is 0.551. The van der Waals surface area contributed by atoms with E-state index in [1.54, 1.807) is 6.20 Å². The van der Waals surface area contributed by atoms with Crippen LogP contribution in [0.5, 0.6) is 5.88 Å². The van der Waals surface area contributed by atoms with Gasteiger partial charge in [-0.3, -0.25) is 0 Å². The Labute approximate surface area is 60.7 Å². The van der Waals surface area contributed by atoms with Gasteiger partial charge < -0.3 is 5.11 Å². The Hall–Kier alpha value is -1.92. The van der Waals surface area contributed by atoms with E-state index in [4.69, 9.17) is 5.11 Å². The van der Waals surface area contributed by atoms with Gasteiger partial charge in [0.25, 0.3) is 5.88 Å². The van der Waals surface area contributed by atoms with Crippen LogP contribution >= 0.6 is 0 Å². The molecule has 7 heteroatoms. The summed E-state index contributed by atoms with van der Waals surface area (Å²) in [4.78, 5) is 0. The number of nitrogens with one attached hydrogen (secondary N) is 1. The van der Waals surface area contributed by atoms with Crippen molar-refractivity contribution in [2.45, 2.75) is 0 Å². The molecule has 2 N–H and O–H groups in total. The van der Waals surface area contributed by atoms with Crippen LogP contribution in [0.1, 0.15) is 0 Å². The van der Waals surface area contributed by atoms with E-state index in [0.717, 1.165) is 0 Å². The van der Waals surface area contributed by atoms with Crippen LogP contribution in [0.3, 0.4) is 0 Å². The predicted molar refractivity (Wildman–Crippen MR) is 33.0 cm³/mol. The summed E-state index contributed by atoms with van der Waals surface area (Å²) in [6.07, 6.45) is 3.05. The molecule has 2 aromatic rings. The van der Waals surface area contributed by atoms with E-state index in [0.29, 0.717) is 5.82 Å². The average Bonchev–Trinajstić information content (AvgIpc) is 2.55. The van der Waals surface area contributed by atoms with Crippen molar-refractivity contribution in [3.05, 3.63) is 12.4 Å². The Morgan fingerprint density at radius 3 is 3.00 bits per heavy atom. The molecule has 0 unspecified atom stereocenters. The van der Waals surface area contributed by atoms with Crippen LogP contribution in [0.4, 0.5) is 0 Å². The number of aromatic hydroxyl groups is 1. The summed E-state index contributed by atoms with van der Waals surface area (Å²) < 4.78 is 1.33. The highest BCUT2D eigenvalue weighted by Gasteiger charge is 2.06. The Morgan fingerprint density at radius 1 is 1.55 bits per heavy atom. The van der Waals surface area contributed by atoms with Crippen LogP contribution in [-0.4, -0.2) is 35.5 Å². The lowest BCUT2D eigenvalue weighted by Crippen LogP contribution is -1.95. The van der Waals surface area contributed by atoms with Crippen molar-refractivity contribution >= 4 is 0 Å². The third-order valence-corrected chi connectivity index (χ3v) is 1.16. The minimum atomic E-state index is -0.199. The summed E-state index contributed by atoms with van der Waals surface area (Å²) in [6.45, 7) is 0. The number of rotatable bonds is 1. The van der Waals surface area contributed by atoms with E-state index >= 15 is 0 Å². The van der Waals surface area contributed by atoms with Gasteiger partial charge in [0.1, 0.15) is 0 Å². The molecule has 0 aliphatic heterocycles. The molecule has 7 nitrogen and oxygen atoms in total. The van der Waals surface area contributed by atoms with Gasteiger partial charge in [0.15, 0.2) is 0 Å². The number of aromatic amines is 1. The van der Waals surface area contributed by atoms with Gasteiger partial charge in [-0.05, 0) is 0 Å². The fourth-order valence-electron chi connectivity index (χ4n) is 0.698. The third kappa shape index (κ3) is 0.820. The molecule has 0 fully saturated rings. The van der Waals surface area contributed by atoms with E-state index in [1.807, 2.05) is 0 Å². The van der Waals surface area contributed by atoms with Crippen LogP contribution in [0.25, 0.3) is 5.82 Å². The molecule has 2 aromatic heterocycles. The number of hydrogen-bond donors (Lipinski definition) is 2. The second-order valence-corrected chi connectivity index (χ2v) is 1.83. The maximum Gasteiger partial charge on any atom is 0.277 e. The van der Waals surface area contributed by atoms with E-state index < -0.39 is 0 Å². The zero-order valence-electron chi connectivity index (χ0n) is 5.34. The molecule has 0 aliphatic carbocycles. The summed E-state index contributed by atoms with van der Waals surface area (Å²) >= 11 is 0. The summed E-state index contributed by atoms with van der Waals surface area (Å²) in [6, 6.07) is 0. The first-order valence-corrected chi connectivity index (χ1v) is 2.84. The molecule has 0 bridgehead atoms. The standard InChI is InChI=1S/C4H4N6O/c11-4-3(6-8-7-4)10-2-1-5-9-10/h1-2H,(H2,6,7,8,11). The van der Waals surface area contributed by atoms with Gasteiger partial charge in [-0.15, -0.1) is 5.10 Å². The Kier molecular flexibility index (Phi) is 1.08. The maximum atomic E-state index is 9.03. The van der Waals surface area contributed by atoms with Crippen LogP contribution in [0, 0.1) is 0 Å². The largest absolute Gasteiger partial charge is 0.490 e. The van der Waals surface area contributed by atoms with Crippen LogP contribution in [0.2, 0.25) is 0 Å². The van der Waals surface area contributed by atoms with Gasteiger partial charge in [0, 0.05) is 0 Å². The van der Waals surface area contributed by atoms with Gasteiger partial charge in [-0.1, -0.05) is 15.5 Å². The normalized spacial score (nSPS) is 10.2. The minimum absolute atomic E-state index is 0.199. The summed E-state index contributed by atoms with van der Waals surface area (Å²) in [5.74, 6) is 0.109. The van der Waals surface area contributed by atoms with E-state index in [1.165, 1.54) is 10.9 Å². The predicted octanol–water partition coefficient (Wildman–Crippen LogP) is -0.909. The van der Waals surface area contributed by atoms with Crippen molar-refractivity contribution in [1.82, 2.24) is 30.4 Å². The Balaban J connectivity index is 2.53. The lowest BCUT2D eigenvalue weighted by Gasteiger charge is -1.91.